The zero-order valence-electron chi connectivity index (χ0n) is 14.6. The molecule has 0 bridgehead atoms. The number of anilines is 1. The van der Waals surface area contributed by atoms with Crippen LogP contribution in [0, 0.1) is 0 Å². The fourth-order valence-electron chi connectivity index (χ4n) is 2.77. The number of hydrogen-bond donors (Lipinski definition) is 2. The van der Waals surface area contributed by atoms with Crippen molar-refractivity contribution in [3.05, 3.63) is 42.1 Å². The van der Waals surface area contributed by atoms with Crippen molar-refractivity contribution < 1.29 is 19.1 Å². The zero-order valence-corrected chi connectivity index (χ0v) is 14.6. The van der Waals surface area contributed by atoms with Crippen LogP contribution in [0.5, 0.6) is 5.75 Å². The Morgan fingerprint density at radius 1 is 1.27 bits per heavy atom. The molecule has 1 aliphatic heterocycles. The number of hydrogen-bond acceptors (Lipinski definition) is 5. The highest BCUT2D eigenvalue weighted by molar-refractivity contribution is 6.10. The molecule has 2 aromatic rings. The van der Waals surface area contributed by atoms with E-state index in [0.29, 0.717) is 17.1 Å². The van der Waals surface area contributed by atoms with Crippen molar-refractivity contribution in [1.82, 2.24) is 20.0 Å². The largest absolute Gasteiger partial charge is 0.497 e. The third-order valence-corrected chi connectivity index (χ3v) is 4.23. The maximum atomic E-state index is 12.8. The number of rotatable bonds is 5. The van der Waals surface area contributed by atoms with Gasteiger partial charge in [-0.1, -0.05) is 12.1 Å². The third kappa shape index (κ3) is 3.10. The Labute approximate surface area is 149 Å². The number of carbonyl (C=O) groups excluding carboxylic acids is 3. The molecule has 0 unspecified atom stereocenters. The van der Waals surface area contributed by atoms with Gasteiger partial charge in [-0.25, -0.2) is 4.79 Å². The number of ether oxygens (including phenoxy) is 1. The van der Waals surface area contributed by atoms with Gasteiger partial charge in [0.2, 0.25) is 5.91 Å². The first kappa shape index (κ1) is 17.5. The van der Waals surface area contributed by atoms with E-state index in [0.717, 1.165) is 4.90 Å². The van der Waals surface area contributed by atoms with Crippen molar-refractivity contribution in [2.45, 2.75) is 12.5 Å². The molecule has 1 atom stereocenters. The van der Waals surface area contributed by atoms with Gasteiger partial charge in [0.25, 0.3) is 5.91 Å². The van der Waals surface area contributed by atoms with Gasteiger partial charge in [0, 0.05) is 19.3 Å². The molecule has 26 heavy (non-hydrogen) atoms. The van der Waals surface area contributed by atoms with Crippen LogP contribution in [0.25, 0.3) is 0 Å². The summed E-state index contributed by atoms with van der Waals surface area (Å²) in [5, 5.41) is 9.23. The second kappa shape index (κ2) is 6.51. The highest BCUT2D eigenvalue weighted by Gasteiger charge is 2.49. The Morgan fingerprint density at radius 3 is 2.54 bits per heavy atom. The number of urea groups is 1. The van der Waals surface area contributed by atoms with E-state index in [1.807, 2.05) is 0 Å². The molecule has 0 spiro atoms. The lowest BCUT2D eigenvalue weighted by molar-refractivity contribution is -0.133. The number of imide groups is 1. The number of nitrogens with zero attached hydrogens (tertiary/aromatic N) is 3. The summed E-state index contributed by atoms with van der Waals surface area (Å²) in [7, 11) is 3.26. The molecular weight excluding hydrogens is 338 g/mol. The lowest BCUT2D eigenvalue weighted by Gasteiger charge is -2.22. The lowest BCUT2D eigenvalue weighted by Crippen LogP contribution is -2.42. The van der Waals surface area contributed by atoms with Gasteiger partial charge in [0.15, 0.2) is 5.82 Å². The first-order valence-electron chi connectivity index (χ1n) is 7.91. The smallest absolute Gasteiger partial charge is 0.325 e. The normalized spacial score (nSPS) is 19.4. The summed E-state index contributed by atoms with van der Waals surface area (Å²) in [5.74, 6) is -0.0155. The third-order valence-electron chi connectivity index (χ3n) is 4.23. The van der Waals surface area contributed by atoms with Gasteiger partial charge in [0.1, 0.15) is 17.8 Å². The number of aryl methyl sites for hydroxylation is 1. The molecule has 1 aromatic carbocycles. The number of benzene rings is 1. The molecule has 1 fully saturated rings. The van der Waals surface area contributed by atoms with Crippen LogP contribution in [-0.2, 0) is 22.2 Å². The molecule has 4 amide bonds. The molecule has 0 radical (unpaired) electrons. The minimum absolute atomic E-state index is 0.350. The number of amides is 4. The topological polar surface area (TPSA) is 106 Å². The Balaban J connectivity index is 1.74. The molecule has 2 N–H and O–H groups in total. The summed E-state index contributed by atoms with van der Waals surface area (Å²) in [4.78, 5) is 38.1. The van der Waals surface area contributed by atoms with Crippen molar-refractivity contribution in [2.75, 3.05) is 19.0 Å². The van der Waals surface area contributed by atoms with E-state index < -0.39 is 29.9 Å². The van der Waals surface area contributed by atoms with Crippen LogP contribution in [-0.4, -0.2) is 46.2 Å². The van der Waals surface area contributed by atoms with Crippen LogP contribution in [0.1, 0.15) is 12.5 Å². The second-order valence-corrected chi connectivity index (χ2v) is 6.10. The van der Waals surface area contributed by atoms with E-state index in [2.05, 4.69) is 15.7 Å². The summed E-state index contributed by atoms with van der Waals surface area (Å²) in [5.41, 5.74) is -0.640. The molecule has 136 valence electrons. The van der Waals surface area contributed by atoms with E-state index in [1.54, 1.807) is 57.6 Å². The first-order chi connectivity index (χ1) is 12.3. The Bertz CT molecular complexity index is 860. The first-order valence-corrected chi connectivity index (χ1v) is 7.91. The fourth-order valence-corrected chi connectivity index (χ4v) is 2.77. The van der Waals surface area contributed by atoms with Crippen LogP contribution < -0.4 is 15.4 Å². The molecule has 0 aliphatic carbocycles. The maximum absolute atomic E-state index is 12.8. The van der Waals surface area contributed by atoms with Gasteiger partial charge in [-0.3, -0.25) is 19.2 Å². The maximum Gasteiger partial charge on any atom is 0.325 e. The highest BCUT2D eigenvalue weighted by Crippen LogP contribution is 2.29. The quantitative estimate of drug-likeness (QED) is 0.771. The number of methoxy groups -OCH3 is 1. The van der Waals surface area contributed by atoms with Gasteiger partial charge >= 0.3 is 6.03 Å². The van der Waals surface area contributed by atoms with E-state index in [4.69, 9.17) is 4.74 Å². The second-order valence-electron chi connectivity index (χ2n) is 6.10. The number of carbonyl (C=O) groups is 3. The van der Waals surface area contributed by atoms with Crippen molar-refractivity contribution >= 4 is 23.7 Å². The molecule has 1 aromatic heterocycles. The van der Waals surface area contributed by atoms with Gasteiger partial charge in [-0.2, -0.15) is 5.10 Å². The van der Waals surface area contributed by atoms with Crippen molar-refractivity contribution in [3.8, 4) is 5.75 Å². The summed E-state index contributed by atoms with van der Waals surface area (Å²) in [6.07, 6.45) is 1.67. The molecule has 9 nitrogen and oxygen atoms in total. The predicted octanol–water partition coefficient (Wildman–Crippen LogP) is 0.834. The van der Waals surface area contributed by atoms with E-state index in [1.165, 1.54) is 4.68 Å². The molecule has 9 heteroatoms. The Hall–Kier alpha value is -3.36. The number of nitrogens with one attached hydrogen (secondary N) is 2. The average Bonchev–Trinajstić information content (AvgIpc) is 3.11. The summed E-state index contributed by atoms with van der Waals surface area (Å²) in [6.45, 7) is 1.21. The Morgan fingerprint density at radius 2 is 1.96 bits per heavy atom. The minimum Gasteiger partial charge on any atom is -0.497 e. The van der Waals surface area contributed by atoms with Crippen LogP contribution >= 0.6 is 0 Å². The molecule has 2 heterocycles. The minimum atomic E-state index is -1.24. The fraction of sp³-hybridized carbons (Fsp3) is 0.294. The standard InChI is InChI=1S/C17H19N5O4/c1-17(11-4-6-12(26-3)7-5-11)15(24)22(16(25)19-17)10-14(23)18-13-8-9-21(2)20-13/h4-9H,10H2,1-3H3,(H,19,25)(H,18,20,23)/t17-/m1/s1. The molecule has 0 saturated carbocycles. The number of aromatic nitrogens is 2. The lowest BCUT2D eigenvalue weighted by atomic mass is 9.92. The van der Waals surface area contributed by atoms with Crippen LogP contribution in [0.3, 0.4) is 0 Å². The highest BCUT2D eigenvalue weighted by atomic mass is 16.5. The van der Waals surface area contributed by atoms with Crippen LogP contribution in [0.15, 0.2) is 36.5 Å². The summed E-state index contributed by atoms with van der Waals surface area (Å²) >= 11 is 0. The van der Waals surface area contributed by atoms with Crippen molar-refractivity contribution in [2.24, 2.45) is 7.05 Å². The van der Waals surface area contributed by atoms with Crippen molar-refractivity contribution in [1.29, 1.82) is 0 Å². The summed E-state index contributed by atoms with van der Waals surface area (Å²) in [6, 6.07) is 7.81. The molecule has 3 rings (SSSR count). The van der Waals surface area contributed by atoms with Gasteiger partial charge in [-0.15, -0.1) is 0 Å². The van der Waals surface area contributed by atoms with Gasteiger partial charge in [-0.05, 0) is 24.6 Å². The predicted molar refractivity (Wildman–Crippen MR) is 92.4 cm³/mol. The van der Waals surface area contributed by atoms with Crippen LogP contribution in [0.2, 0.25) is 0 Å². The van der Waals surface area contributed by atoms with E-state index in [9.17, 15) is 14.4 Å². The van der Waals surface area contributed by atoms with Crippen molar-refractivity contribution in [3.63, 3.8) is 0 Å². The van der Waals surface area contributed by atoms with E-state index in [-0.39, 0.29) is 0 Å². The zero-order chi connectivity index (χ0) is 18.9. The SMILES string of the molecule is COc1ccc([C@@]2(C)NC(=O)N(CC(=O)Nc3ccn(C)n3)C2=O)cc1. The monoisotopic (exact) mass is 357 g/mol. The molecular formula is C17H19N5O4. The van der Waals surface area contributed by atoms with Gasteiger partial charge in [0.05, 0.1) is 7.11 Å². The van der Waals surface area contributed by atoms with Crippen LogP contribution in [0.4, 0.5) is 10.6 Å². The molecule has 1 aliphatic rings. The van der Waals surface area contributed by atoms with E-state index >= 15 is 0 Å². The van der Waals surface area contributed by atoms with Gasteiger partial charge < -0.3 is 15.4 Å². The Kier molecular flexibility index (Phi) is 4.37. The average molecular weight is 357 g/mol. The molecule has 1 saturated heterocycles. The summed E-state index contributed by atoms with van der Waals surface area (Å²) < 4.78 is 6.63.